The van der Waals surface area contributed by atoms with Crippen LogP contribution in [-0.2, 0) is 26.8 Å². The minimum atomic E-state index is -4.56. The highest BCUT2D eigenvalue weighted by Crippen LogP contribution is 2.14. The zero-order valence-corrected chi connectivity index (χ0v) is 13.0. The van der Waals surface area contributed by atoms with Gasteiger partial charge in [0.05, 0.1) is 17.6 Å². The predicted octanol–water partition coefficient (Wildman–Crippen LogP) is -2.19. The smallest absolute Gasteiger partial charge is 0.286 e. The molecule has 2 aromatic heterocycles. The summed E-state index contributed by atoms with van der Waals surface area (Å²) in [5.74, 6) is 0. The van der Waals surface area contributed by atoms with Gasteiger partial charge in [0.1, 0.15) is 0 Å². The number of hydrazine groups is 1. The number of nitrogens with zero attached hydrogens (tertiary/aromatic N) is 4. The fraction of sp³-hybridized carbons (Fsp3) is 0.286. The summed E-state index contributed by atoms with van der Waals surface area (Å²) in [5.41, 5.74) is 2.65. The molecule has 0 unspecified atom stereocenters. The molecule has 0 atom stereocenters. The van der Waals surface area contributed by atoms with Crippen LogP contribution in [0.25, 0.3) is 0 Å². The van der Waals surface area contributed by atoms with Gasteiger partial charge in [-0.05, 0) is 6.42 Å². The fourth-order valence-electron chi connectivity index (χ4n) is 1.22. The minimum absolute atomic E-state index is 0.149. The zero-order chi connectivity index (χ0) is 16.8. The van der Waals surface area contributed by atoms with Crippen LogP contribution in [0.1, 0.15) is 12.6 Å². The van der Waals surface area contributed by atoms with E-state index in [0.29, 0.717) is 12.1 Å². The van der Waals surface area contributed by atoms with E-state index in [1.54, 1.807) is 19.3 Å². The Morgan fingerprint density at radius 2 is 1.86 bits per heavy atom. The maximum absolute atomic E-state index is 11.1. The van der Waals surface area contributed by atoms with E-state index in [0.717, 1.165) is 0 Å². The monoisotopic (exact) mass is 353 g/mol. The second kappa shape index (κ2) is 7.27. The summed E-state index contributed by atoms with van der Waals surface area (Å²) >= 11 is 0. The Balaban J connectivity index is 0.000000406. The lowest BCUT2D eigenvalue weighted by molar-refractivity contribution is 0.525. The molecule has 13 nitrogen and oxygen atoms in total. The van der Waals surface area contributed by atoms with Gasteiger partial charge in [-0.3, -0.25) is 15.6 Å². The fourth-order valence-corrected chi connectivity index (χ4v) is 2.83. The van der Waals surface area contributed by atoms with Crippen LogP contribution in [0.2, 0.25) is 0 Å². The molecule has 0 radical (unpaired) electrons. The topological polar surface area (TPSA) is 206 Å². The first-order valence-electron chi connectivity index (χ1n) is 5.62. The summed E-state index contributed by atoms with van der Waals surface area (Å²) in [5, 5.41) is 24.9. The summed E-state index contributed by atoms with van der Waals surface area (Å²) in [6.07, 6.45) is 4.97. The number of aromatic nitrogens is 5. The van der Waals surface area contributed by atoms with Crippen molar-refractivity contribution in [3.63, 3.8) is 0 Å². The number of aromatic amines is 2. The SMILES string of the molecule is CCc1n[nH]cc1NN(S(N)(=O)=O)S(N)(=O)=O.c1c[nH]nn1. The normalized spacial score (nSPS) is 11.8. The maximum Gasteiger partial charge on any atom is 0.309 e. The summed E-state index contributed by atoms with van der Waals surface area (Å²) in [6, 6.07) is 0. The van der Waals surface area contributed by atoms with Gasteiger partial charge in [0, 0.05) is 16.2 Å². The molecule has 0 bridgehead atoms. The van der Waals surface area contributed by atoms with Crippen molar-refractivity contribution >= 4 is 26.1 Å². The first kappa shape index (κ1) is 18.0. The summed E-state index contributed by atoms with van der Waals surface area (Å²) < 4.78 is 44.0. The highest BCUT2D eigenvalue weighted by atomic mass is 32.3. The van der Waals surface area contributed by atoms with Gasteiger partial charge >= 0.3 is 20.4 Å². The summed E-state index contributed by atoms with van der Waals surface area (Å²) in [4.78, 5) is 0. The van der Waals surface area contributed by atoms with Crippen molar-refractivity contribution < 1.29 is 16.8 Å². The van der Waals surface area contributed by atoms with E-state index >= 15 is 0 Å². The van der Waals surface area contributed by atoms with Gasteiger partial charge in [0.15, 0.2) is 0 Å². The third-order valence-corrected chi connectivity index (χ3v) is 4.41. The van der Waals surface area contributed by atoms with Crippen molar-refractivity contribution in [3.05, 3.63) is 24.3 Å². The molecule has 0 aliphatic carbocycles. The van der Waals surface area contributed by atoms with Gasteiger partial charge in [-0.1, -0.05) is 12.1 Å². The molecule has 0 saturated carbocycles. The maximum atomic E-state index is 11.1. The van der Waals surface area contributed by atoms with E-state index in [4.69, 9.17) is 10.3 Å². The van der Waals surface area contributed by atoms with Crippen molar-refractivity contribution in [2.45, 2.75) is 13.3 Å². The third kappa shape index (κ3) is 5.37. The van der Waals surface area contributed by atoms with Gasteiger partial charge in [0.25, 0.3) is 0 Å². The molecule has 22 heavy (non-hydrogen) atoms. The Kier molecular flexibility index (Phi) is 5.94. The van der Waals surface area contributed by atoms with E-state index in [2.05, 4.69) is 31.0 Å². The molecule has 7 N–H and O–H groups in total. The lowest BCUT2D eigenvalue weighted by atomic mass is 10.3. The van der Waals surface area contributed by atoms with Crippen LogP contribution in [-0.4, -0.2) is 46.3 Å². The number of nitrogens with two attached hydrogens (primary N) is 2. The number of rotatable bonds is 5. The highest BCUT2D eigenvalue weighted by Gasteiger charge is 2.29. The van der Waals surface area contributed by atoms with Crippen LogP contribution in [0.15, 0.2) is 18.6 Å². The average Bonchev–Trinajstić information content (AvgIpc) is 3.07. The molecule has 0 aromatic carbocycles. The largest absolute Gasteiger partial charge is 0.309 e. The number of hydrogen-bond donors (Lipinski definition) is 5. The van der Waals surface area contributed by atoms with Gasteiger partial charge in [-0.2, -0.15) is 21.9 Å². The quantitative estimate of drug-likeness (QED) is 0.372. The first-order chi connectivity index (χ1) is 10.2. The van der Waals surface area contributed by atoms with Crippen molar-refractivity contribution in [2.24, 2.45) is 10.3 Å². The van der Waals surface area contributed by atoms with Gasteiger partial charge in [0.2, 0.25) is 0 Å². The standard InChI is InChI=1S/C5H12N6O4S2.C2H3N3/c1-2-4-5(3-8-9-4)10-11(16(6,12)13)17(7,14)15;1-2-4-5-3-1/h3,10H,2H2,1H3,(H,8,9)(H2,6,12,13)(H2,7,14,15);1-2H,(H,3,4,5). The number of nitrogens with one attached hydrogen (secondary N) is 3. The van der Waals surface area contributed by atoms with Gasteiger partial charge in [-0.25, -0.2) is 10.3 Å². The van der Waals surface area contributed by atoms with Crippen LogP contribution in [0.4, 0.5) is 5.69 Å². The van der Waals surface area contributed by atoms with Crippen LogP contribution in [0.5, 0.6) is 0 Å². The van der Waals surface area contributed by atoms with Gasteiger partial charge in [-0.15, -0.1) is 5.10 Å². The van der Waals surface area contributed by atoms with Crippen molar-refractivity contribution in [1.82, 2.24) is 29.4 Å². The molecular formula is C7H15N9O4S2. The minimum Gasteiger partial charge on any atom is -0.286 e. The van der Waals surface area contributed by atoms with Crippen molar-refractivity contribution in [2.75, 3.05) is 5.43 Å². The summed E-state index contributed by atoms with van der Waals surface area (Å²) in [7, 11) is -9.11. The Bertz CT molecular complexity index is 718. The first-order valence-corrected chi connectivity index (χ1v) is 8.62. The van der Waals surface area contributed by atoms with Crippen molar-refractivity contribution in [3.8, 4) is 0 Å². The van der Waals surface area contributed by atoms with E-state index in [1.807, 2.05) is 0 Å². The molecule has 0 spiro atoms. The number of H-pyrrole nitrogens is 2. The molecule has 2 heterocycles. The Morgan fingerprint density at radius 1 is 1.23 bits per heavy atom. The number of aryl methyl sites for hydroxylation is 1. The van der Waals surface area contributed by atoms with Gasteiger partial charge < -0.3 is 0 Å². The second-order valence-electron chi connectivity index (χ2n) is 3.66. The van der Waals surface area contributed by atoms with Crippen molar-refractivity contribution in [1.29, 1.82) is 0 Å². The van der Waals surface area contributed by atoms with E-state index < -0.39 is 20.4 Å². The van der Waals surface area contributed by atoms with E-state index in [-0.39, 0.29) is 9.51 Å². The predicted molar refractivity (Wildman–Crippen MR) is 76.0 cm³/mol. The molecular weight excluding hydrogens is 338 g/mol. The molecule has 0 aliphatic rings. The van der Waals surface area contributed by atoms with Crippen LogP contribution >= 0.6 is 0 Å². The van der Waals surface area contributed by atoms with E-state index in [1.165, 1.54) is 6.20 Å². The summed E-state index contributed by atoms with van der Waals surface area (Å²) in [6.45, 7) is 1.75. The molecule has 0 aliphatic heterocycles. The lowest BCUT2D eigenvalue weighted by Gasteiger charge is -2.17. The Hall–Kier alpha value is -2.07. The Morgan fingerprint density at radius 3 is 2.23 bits per heavy atom. The second-order valence-corrected chi connectivity index (χ2v) is 6.68. The molecule has 0 fully saturated rings. The molecule has 0 saturated heterocycles. The molecule has 15 heteroatoms. The molecule has 2 aromatic rings. The zero-order valence-electron chi connectivity index (χ0n) is 11.3. The van der Waals surface area contributed by atoms with Crippen LogP contribution in [0.3, 0.4) is 0 Å². The number of anilines is 1. The highest BCUT2D eigenvalue weighted by molar-refractivity contribution is 8.01. The molecule has 124 valence electrons. The Labute approximate surface area is 126 Å². The number of hydrogen-bond acceptors (Lipinski definition) is 8. The lowest BCUT2D eigenvalue weighted by Crippen LogP contribution is -2.48. The van der Waals surface area contributed by atoms with Crippen LogP contribution in [0, 0.1) is 0 Å². The molecule has 2 rings (SSSR count). The van der Waals surface area contributed by atoms with E-state index in [9.17, 15) is 16.8 Å². The molecule has 0 amide bonds. The third-order valence-electron chi connectivity index (χ3n) is 2.06. The average molecular weight is 353 g/mol. The van der Waals surface area contributed by atoms with Crippen LogP contribution < -0.4 is 15.7 Å².